The molecule has 4 rings (SSSR count). The van der Waals surface area contributed by atoms with Gasteiger partial charge in [0.1, 0.15) is 12.7 Å². The van der Waals surface area contributed by atoms with Crippen LogP contribution in [0.1, 0.15) is 37.0 Å². The Bertz CT molecular complexity index is 819. The second-order valence-corrected chi connectivity index (χ2v) is 8.22. The summed E-state index contributed by atoms with van der Waals surface area (Å²) in [5.41, 5.74) is 1.37. The zero-order valence-corrected chi connectivity index (χ0v) is 16.1. The molecule has 2 aromatic rings. The van der Waals surface area contributed by atoms with Crippen LogP contribution in [0.4, 0.5) is 0 Å². The van der Waals surface area contributed by atoms with Crippen LogP contribution in [0.3, 0.4) is 0 Å². The van der Waals surface area contributed by atoms with E-state index in [1.54, 1.807) is 0 Å². The summed E-state index contributed by atoms with van der Waals surface area (Å²) in [6, 6.07) is 15.4. The molecule has 2 unspecified atom stereocenters. The van der Waals surface area contributed by atoms with E-state index in [4.69, 9.17) is 27.9 Å². The number of hydrogen-bond donors (Lipinski definition) is 0. The summed E-state index contributed by atoms with van der Waals surface area (Å²) >= 11 is 12.3. The first kappa shape index (κ1) is 17.8. The van der Waals surface area contributed by atoms with Gasteiger partial charge in [0.25, 0.3) is 0 Å². The van der Waals surface area contributed by atoms with Gasteiger partial charge in [0, 0.05) is 16.6 Å². The molecule has 2 aromatic carbocycles. The van der Waals surface area contributed by atoms with E-state index in [2.05, 4.69) is 6.92 Å². The lowest BCUT2D eigenvalue weighted by molar-refractivity contribution is -0.174. The molecule has 1 saturated heterocycles. The van der Waals surface area contributed by atoms with E-state index in [0.717, 1.165) is 17.7 Å². The Morgan fingerprint density at radius 3 is 2.50 bits per heavy atom. The number of nitrogens with zero attached hydrogens (tertiary/aromatic N) is 1. The molecule has 2 fully saturated rings. The highest BCUT2D eigenvalue weighted by Crippen LogP contribution is 2.47. The number of ether oxygens (including phenoxy) is 1. The van der Waals surface area contributed by atoms with E-state index >= 15 is 0 Å². The van der Waals surface area contributed by atoms with Crippen LogP contribution >= 0.6 is 23.2 Å². The van der Waals surface area contributed by atoms with E-state index < -0.39 is 5.54 Å². The molecule has 1 aliphatic carbocycles. The van der Waals surface area contributed by atoms with Crippen molar-refractivity contribution in [2.45, 2.75) is 31.4 Å². The van der Waals surface area contributed by atoms with E-state index in [9.17, 15) is 4.79 Å². The number of benzene rings is 2. The fourth-order valence-electron chi connectivity index (χ4n) is 3.83. The average Bonchev–Trinajstić information content (AvgIpc) is 3.43. The molecule has 0 aromatic heterocycles. The molecule has 1 heterocycles. The lowest BCUT2D eigenvalue weighted by Gasteiger charge is -2.50. The number of carbonyl (C=O) groups is 1. The van der Waals surface area contributed by atoms with Gasteiger partial charge in [0.05, 0.1) is 5.54 Å². The molecule has 136 valence electrons. The summed E-state index contributed by atoms with van der Waals surface area (Å²) in [6.07, 6.45) is 2.07. The Hall–Kier alpha value is -1.55. The molecule has 0 bridgehead atoms. The van der Waals surface area contributed by atoms with Crippen molar-refractivity contribution in [3.8, 4) is 0 Å². The Morgan fingerprint density at radius 2 is 1.85 bits per heavy atom. The third-order valence-corrected chi connectivity index (χ3v) is 5.95. The molecular weight excluding hydrogens is 369 g/mol. The SMILES string of the molecule is CC1(c2ccc(Cl)cc2)C(c2cccc(Cl)c2)OCC(=O)N1CC1CC1. The monoisotopic (exact) mass is 389 g/mol. The third-order valence-electron chi connectivity index (χ3n) is 5.46. The van der Waals surface area contributed by atoms with E-state index in [-0.39, 0.29) is 18.6 Å². The van der Waals surface area contributed by atoms with Gasteiger partial charge in [-0.2, -0.15) is 0 Å². The van der Waals surface area contributed by atoms with Gasteiger partial charge < -0.3 is 9.64 Å². The van der Waals surface area contributed by atoms with Crippen LogP contribution in [0.15, 0.2) is 48.5 Å². The number of halogens is 2. The molecule has 26 heavy (non-hydrogen) atoms. The normalized spacial score (nSPS) is 26.2. The van der Waals surface area contributed by atoms with Crippen LogP contribution in [-0.2, 0) is 15.1 Å². The van der Waals surface area contributed by atoms with Crippen LogP contribution in [0.2, 0.25) is 10.0 Å². The van der Waals surface area contributed by atoms with Crippen LogP contribution < -0.4 is 0 Å². The minimum absolute atomic E-state index is 0.0348. The zero-order chi connectivity index (χ0) is 18.3. The molecular formula is C21H21Cl2NO2. The van der Waals surface area contributed by atoms with E-state index in [0.29, 0.717) is 16.0 Å². The molecule has 0 N–H and O–H groups in total. The van der Waals surface area contributed by atoms with Gasteiger partial charge in [0.15, 0.2) is 0 Å². The highest BCUT2D eigenvalue weighted by atomic mass is 35.5. The second kappa shape index (κ2) is 6.88. The summed E-state index contributed by atoms with van der Waals surface area (Å²) in [5, 5.41) is 1.34. The number of amides is 1. The molecule has 1 saturated carbocycles. The molecule has 1 aliphatic heterocycles. The van der Waals surface area contributed by atoms with Crippen molar-refractivity contribution in [2.75, 3.05) is 13.2 Å². The number of rotatable bonds is 4. The molecule has 0 radical (unpaired) electrons. The highest BCUT2D eigenvalue weighted by molar-refractivity contribution is 6.30. The largest absolute Gasteiger partial charge is 0.361 e. The number of carbonyl (C=O) groups excluding carboxylic acids is 1. The lowest BCUT2D eigenvalue weighted by Crippen LogP contribution is -2.57. The Kier molecular flexibility index (Phi) is 4.72. The Labute approximate surface area is 163 Å². The van der Waals surface area contributed by atoms with Crippen LogP contribution in [0.5, 0.6) is 0 Å². The van der Waals surface area contributed by atoms with Gasteiger partial charge in [-0.05, 0) is 61.1 Å². The molecule has 1 amide bonds. The summed E-state index contributed by atoms with van der Waals surface area (Å²) in [4.78, 5) is 14.8. The van der Waals surface area contributed by atoms with Gasteiger partial charge in [-0.15, -0.1) is 0 Å². The molecule has 2 atom stereocenters. The molecule has 2 aliphatic rings. The standard InChI is InChI=1S/C21H21Cl2NO2/c1-21(16-7-9-17(22)10-8-16)20(15-3-2-4-18(23)11-15)26-13-19(25)24(21)12-14-5-6-14/h2-4,7-11,14,20H,5-6,12-13H2,1H3. The van der Waals surface area contributed by atoms with Crippen LogP contribution in [-0.4, -0.2) is 24.0 Å². The van der Waals surface area contributed by atoms with Crippen LogP contribution in [0, 0.1) is 5.92 Å². The number of morpholine rings is 1. The topological polar surface area (TPSA) is 29.5 Å². The summed E-state index contributed by atoms with van der Waals surface area (Å²) in [7, 11) is 0. The summed E-state index contributed by atoms with van der Waals surface area (Å²) in [5.74, 6) is 0.622. The minimum Gasteiger partial charge on any atom is -0.361 e. The van der Waals surface area contributed by atoms with Gasteiger partial charge >= 0.3 is 0 Å². The first-order valence-corrected chi connectivity index (χ1v) is 9.67. The van der Waals surface area contributed by atoms with Gasteiger partial charge in [-0.1, -0.05) is 47.5 Å². The van der Waals surface area contributed by atoms with Gasteiger partial charge in [0.2, 0.25) is 5.91 Å². The van der Waals surface area contributed by atoms with Crippen molar-refractivity contribution in [1.29, 1.82) is 0 Å². The Morgan fingerprint density at radius 1 is 1.12 bits per heavy atom. The van der Waals surface area contributed by atoms with Gasteiger partial charge in [-0.3, -0.25) is 4.79 Å². The average molecular weight is 390 g/mol. The van der Waals surface area contributed by atoms with Crippen molar-refractivity contribution < 1.29 is 9.53 Å². The maximum absolute atomic E-state index is 12.8. The van der Waals surface area contributed by atoms with E-state index in [1.165, 1.54) is 12.8 Å². The summed E-state index contributed by atoms with van der Waals surface area (Å²) < 4.78 is 6.08. The van der Waals surface area contributed by atoms with Crippen molar-refractivity contribution in [2.24, 2.45) is 5.92 Å². The lowest BCUT2D eigenvalue weighted by atomic mass is 9.79. The summed E-state index contributed by atoms with van der Waals surface area (Å²) in [6.45, 7) is 2.94. The molecule has 3 nitrogen and oxygen atoms in total. The number of hydrogen-bond acceptors (Lipinski definition) is 2. The van der Waals surface area contributed by atoms with Crippen molar-refractivity contribution in [3.05, 3.63) is 69.7 Å². The quantitative estimate of drug-likeness (QED) is 0.717. The smallest absolute Gasteiger partial charge is 0.249 e. The maximum Gasteiger partial charge on any atom is 0.249 e. The van der Waals surface area contributed by atoms with Crippen molar-refractivity contribution in [1.82, 2.24) is 4.90 Å². The zero-order valence-electron chi connectivity index (χ0n) is 14.6. The van der Waals surface area contributed by atoms with Crippen molar-refractivity contribution >= 4 is 29.1 Å². The fourth-order valence-corrected chi connectivity index (χ4v) is 4.16. The molecule has 5 heteroatoms. The van der Waals surface area contributed by atoms with Gasteiger partial charge in [-0.25, -0.2) is 0 Å². The first-order chi connectivity index (χ1) is 12.5. The van der Waals surface area contributed by atoms with E-state index in [1.807, 2.05) is 53.4 Å². The predicted molar refractivity (Wildman–Crippen MR) is 103 cm³/mol. The highest BCUT2D eigenvalue weighted by Gasteiger charge is 2.50. The Balaban J connectivity index is 1.82. The second-order valence-electron chi connectivity index (χ2n) is 7.35. The first-order valence-electron chi connectivity index (χ1n) is 8.92. The molecule has 0 spiro atoms. The van der Waals surface area contributed by atoms with Crippen LogP contribution in [0.25, 0.3) is 0 Å². The van der Waals surface area contributed by atoms with Crippen molar-refractivity contribution in [3.63, 3.8) is 0 Å². The third kappa shape index (κ3) is 3.24. The minimum atomic E-state index is -0.618. The maximum atomic E-state index is 12.8. The fraction of sp³-hybridized carbons (Fsp3) is 0.381. The predicted octanol–water partition coefficient (Wildman–Crippen LogP) is 5.22.